The summed E-state index contributed by atoms with van der Waals surface area (Å²) in [5, 5.41) is -0.0561. The van der Waals surface area contributed by atoms with E-state index in [9.17, 15) is 26.7 Å². The number of pyridine rings is 1. The van der Waals surface area contributed by atoms with Crippen LogP contribution in [0.25, 0.3) is 0 Å². The van der Waals surface area contributed by atoms with Crippen LogP contribution in [0.4, 0.5) is 22.0 Å². The molecule has 21 heavy (non-hydrogen) atoms. The summed E-state index contributed by atoms with van der Waals surface area (Å²) in [5.74, 6) is -2.07. The molecule has 0 saturated heterocycles. The van der Waals surface area contributed by atoms with E-state index in [1.807, 2.05) is 0 Å². The van der Waals surface area contributed by atoms with Crippen LogP contribution < -0.4 is 4.74 Å². The molecule has 0 radical (unpaired) electrons. The van der Waals surface area contributed by atoms with Crippen molar-refractivity contribution in [2.24, 2.45) is 0 Å². The van der Waals surface area contributed by atoms with E-state index >= 15 is 0 Å². The first-order valence-corrected chi connectivity index (χ1v) is 6.49. The van der Waals surface area contributed by atoms with Crippen LogP contribution in [0, 0.1) is 0 Å². The van der Waals surface area contributed by atoms with Gasteiger partial charge < -0.3 is 9.47 Å². The molecule has 10 heteroatoms. The molecule has 4 nitrogen and oxygen atoms in total. The predicted octanol–water partition coefficient (Wildman–Crippen LogP) is 3.53. The van der Waals surface area contributed by atoms with Gasteiger partial charge in [-0.2, -0.15) is 0 Å². The van der Waals surface area contributed by atoms with E-state index in [1.165, 1.54) is 0 Å². The summed E-state index contributed by atoms with van der Waals surface area (Å²) in [6.07, 6.45) is -9.03. The van der Waals surface area contributed by atoms with Crippen LogP contribution in [0.15, 0.2) is 6.07 Å². The molecule has 0 aliphatic heterocycles. The summed E-state index contributed by atoms with van der Waals surface area (Å²) in [6, 6.07) is 0.904. The number of rotatable bonds is 5. The fourth-order valence-corrected chi connectivity index (χ4v) is 1.76. The average molecular weight is 378 g/mol. The lowest BCUT2D eigenvalue weighted by Crippen LogP contribution is -2.21. The molecule has 1 heterocycles. The zero-order valence-electron chi connectivity index (χ0n) is 10.5. The first-order valence-electron chi connectivity index (χ1n) is 5.37. The molecular formula is C11H9BrF5NO3. The van der Waals surface area contributed by atoms with Crippen LogP contribution in [0.2, 0.25) is 0 Å². The molecule has 0 fully saturated rings. The second kappa shape index (κ2) is 7.01. The molecule has 0 unspecified atom stereocenters. The minimum atomic E-state index is -5.12. The van der Waals surface area contributed by atoms with E-state index in [0.29, 0.717) is 0 Å². The predicted molar refractivity (Wildman–Crippen MR) is 64.2 cm³/mol. The van der Waals surface area contributed by atoms with Gasteiger partial charge in [-0.3, -0.25) is 4.79 Å². The van der Waals surface area contributed by atoms with Gasteiger partial charge in [0, 0.05) is 16.5 Å². The summed E-state index contributed by atoms with van der Waals surface area (Å²) in [6.45, 7) is 0. The highest BCUT2D eigenvalue weighted by Gasteiger charge is 2.35. The number of esters is 1. The van der Waals surface area contributed by atoms with Gasteiger partial charge >= 0.3 is 12.3 Å². The Balaban J connectivity index is 3.40. The number of alkyl halides is 6. The summed E-state index contributed by atoms with van der Waals surface area (Å²) >= 11 is 2.91. The van der Waals surface area contributed by atoms with Crippen LogP contribution in [0.5, 0.6) is 5.88 Å². The molecule has 0 bridgehead atoms. The van der Waals surface area contributed by atoms with E-state index in [0.717, 1.165) is 13.2 Å². The third-order valence-electron chi connectivity index (χ3n) is 2.31. The van der Waals surface area contributed by atoms with Crippen molar-refractivity contribution < 1.29 is 36.2 Å². The lowest BCUT2D eigenvalue weighted by molar-refractivity contribution is -0.276. The van der Waals surface area contributed by atoms with E-state index in [-0.39, 0.29) is 11.0 Å². The molecule has 1 rings (SSSR count). The van der Waals surface area contributed by atoms with Crippen LogP contribution >= 0.6 is 15.9 Å². The topological polar surface area (TPSA) is 48.4 Å². The Kier molecular flexibility index (Phi) is 5.87. The fraction of sp³-hybridized carbons (Fsp3) is 0.455. The van der Waals surface area contributed by atoms with Crippen molar-refractivity contribution in [2.75, 3.05) is 7.11 Å². The standard InChI is InChI=1S/C11H9BrF5NO3/c1-20-8(19)3-7-6(9(13)14)2-5(4-12)18-10(7)21-11(15,16)17/h2,9H,3-4H2,1H3. The van der Waals surface area contributed by atoms with Crippen molar-refractivity contribution in [3.63, 3.8) is 0 Å². The van der Waals surface area contributed by atoms with E-state index in [4.69, 9.17) is 0 Å². The number of nitrogens with zero attached hydrogens (tertiary/aromatic N) is 1. The highest BCUT2D eigenvalue weighted by Crippen LogP contribution is 2.33. The number of carbonyl (C=O) groups is 1. The maximum atomic E-state index is 13.0. The quantitative estimate of drug-likeness (QED) is 0.447. The van der Waals surface area contributed by atoms with Crippen molar-refractivity contribution >= 4 is 21.9 Å². The highest BCUT2D eigenvalue weighted by atomic mass is 79.9. The van der Waals surface area contributed by atoms with Crippen molar-refractivity contribution in [2.45, 2.75) is 24.5 Å². The molecule has 0 atom stereocenters. The zero-order chi connectivity index (χ0) is 16.2. The zero-order valence-corrected chi connectivity index (χ0v) is 12.1. The Morgan fingerprint density at radius 1 is 1.43 bits per heavy atom. The number of hydrogen-bond donors (Lipinski definition) is 0. The Morgan fingerprint density at radius 3 is 2.48 bits per heavy atom. The molecule has 0 aromatic carbocycles. The van der Waals surface area contributed by atoms with Gasteiger partial charge in [-0.15, -0.1) is 13.2 Å². The summed E-state index contributed by atoms with van der Waals surface area (Å²) < 4.78 is 70.9. The van der Waals surface area contributed by atoms with Crippen LogP contribution in [0.3, 0.4) is 0 Å². The van der Waals surface area contributed by atoms with Gasteiger partial charge in [0.2, 0.25) is 5.88 Å². The fourth-order valence-electron chi connectivity index (χ4n) is 1.47. The maximum Gasteiger partial charge on any atom is 0.574 e. The molecule has 0 N–H and O–H groups in total. The molecule has 1 aromatic rings. The number of carbonyl (C=O) groups excluding carboxylic acids is 1. The molecule has 0 saturated carbocycles. The maximum absolute atomic E-state index is 13.0. The number of aromatic nitrogens is 1. The van der Waals surface area contributed by atoms with Crippen LogP contribution in [-0.4, -0.2) is 24.4 Å². The van der Waals surface area contributed by atoms with Gasteiger partial charge in [-0.25, -0.2) is 13.8 Å². The number of ether oxygens (including phenoxy) is 2. The van der Waals surface area contributed by atoms with E-state index in [2.05, 4.69) is 30.4 Å². The SMILES string of the molecule is COC(=O)Cc1c(C(F)F)cc(CBr)nc1OC(F)(F)F. The Bertz CT molecular complexity index is 521. The van der Waals surface area contributed by atoms with Crippen molar-refractivity contribution in [3.8, 4) is 5.88 Å². The second-order valence-corrected chi connectivity index (χ2v) is 4.28. The minimum Gasteiger partial charge on any atom is -0.469 e. The van der Waals surface area contributed by atoms with Gasteiger partial charge in [0.15, 0.2) is 0 Å². The van der Waals surface area contributed by atoms with Crippen molar-refractivity contribution in [3.05, 3.63) is 22.9 Å². The summed E-state index contributed by atoms with van der Waals surface area (Å²) in [5.41, 5.74) is -1.50. The molecule has 0 amide bonds. The summed E-state index contributed by atoms with van der Waals surface area (Å²) in [7, 11) is 0.981. The monoisotopic (exact) mass is 377 g/mol. The number of halogens is 6. The normalized spacial score (nSPS) is 11.6. The number of methoxy groups -OCH3 is 1. The lowest BCUT2D eigenvalue weighted by Gasteiger charge is -2.16. The molecular weight excluding hydrogens is 369 g/mol. The average Bonchev–Trinajstić information content (AvgIpc) is 2.38. The third-order valence-corrected chi connectivity index (χ3v) is 2.88. The smallest absolute Gasteiger partial charge is 0.469 e. The summed E-state index contributed by atoms with van der Waals surface area (Å²) in [4.78, 5) is 14.7. The van der Waals surface area contributed by atoms with Crippen molar-refractivity contribution in [1.29, 1.82) is 0 Å². The largest absolute Gasteiger partial charge is 0.574 e. The van der Waals surface area contributed by atoms with Gasteiger partial charge in [-0.1, -0.05) is 15.9 Å². The first-order chi connectivity index (χ1) is 9.67. The van der Waals surface area contributed by atoms with Gasteiger partial charge in [-0.05, 0) is 6.07 Å². The molecule has 1 aromatic heterocycles. The minimum absolute atomic E-state index is 0.0561. The van der Waals surface area contributed by atoms with Crippen LogP contribution in [0.1, 0.15) is 23.2 Å². The van der Waals surface area contributed by atoms with E-state index < -0.39 is 42.2 Å². The van der Waals surface area contributed by atoms with E-state index in [1.54, 1.807) is 0 Å². The number of hydrogen-bond acceptors (Lipinski definition) is 4. The second-order valence-electron chi connectivity index (χ2n) is 3.72. The van der Waals surface area contributed by atoms with Gasteiger partial charge in [0.1, 0.15) is 0 Å². The molecule has 0 aliphatic carbocycles. The molecule has 118 valence electrons. The first kappa shape index (κ1) is 17.6. The Labute approximate surface area is 124 Å². The lowest BCUT2D eigenvalue weighted by atomic mass is 10.1. The van der Waals surface area contributed by atoms with Crippen molar-refractivity contribution in [1.82, 2.24) is 4.98 Å². The highest BCUT2D eigenvalue weighted by molar-refractivity contribution is 9.08. The van der Waals surface area contributed by atoms with Gasteiger partial charge in [0.25, 0.3) is 6.43 Å². The molecule has 0 spiro atoms. The Morgan fingerprint density at radius 2 is 2.05 bits per heavy atom. The Hall–Kier alpha value is -1.45. The van der Waals surface area contributed by atoms with Gasteiger partial charge in [0.05, 0.1) is 19.2 Å². The molecule has 0 aliphatic rings. The third kappa shape index (κ3) is 5.10. The van der Waals surface area contributed by atoms with Crippen LogP contribution in [-0.2, 0) is 21.3 Å².